The lowest BCUT2D eigenvalue weighted by Crippen LogP contribution is -2.41. The predicted octanol–water partition coefficient (Wildman–Crippen LogP) is 2.51. The molecule has 2 fully saturated rings. The largest absolute Gasteiger partial charge is 0.328 e. The van der Waals surface area contributed by atoms with Gasteiger partial charge in [0.1, 0.15) is 0 Å². The first-order valence-corrected chi connectivity index (χ1v) is 7.80. The summed E-state index contributed by atoms with van der Waals surface area (Å²) in [4.78, 5) is 0. The normalized spacial score (nSPS) is 35.7. The van der Waals surface area contributed by atoms with Gasteiger partial charge in [0.15, 0.2) is 0 Å². The maximum Gasteiger partial charge on any atom is 0.00656 e. The Morgan fingerprint density at radius 1 is 0.833 bits per heavy atom. The Kier molecular flexibility index (Phi) is 10.7. The van der Waals surface area contributed by atoms with Gasteiger partial charge in [-0.3, -0.25) is 0 Å². The number of nitrogens with one attached hydrogen (secondary N) is 2. The summed E-state index contributed by atoms with van der Waals surface area (Å²) in [5.74, 6) is 0.950. The topological polar surface area (TPSA) is 50.1 Å². The summed E-state index contributed by atoms with van der Waals surface area (Å²) in [6, 6.07) is 1.85. The van der Waals surface area contributed by atoms with E-state index in [0.29, 0.717) is 12.1 Å². The van der Waals surface area contributed by atoms with E-state index < -0.39 is 0 Å². The van der Waals surface area contributed by atoms with Crippen LogP contribution in [0.3, 0.4) is 0 Å². The van der Waals surface area contributed by atoms with Crippen LogP contribution in [0, 0.1) is 5.92 Å². The fraction of sp³-hybridized carbons (Fsp3) is 1.00. The second-order valence-corrected chi connectivity index (χ2v) is 5.62. The van der Waals surface area contributed by atoms with Crippen LogP contribution in [0.1, 0.15) is 60.3 Å². The molecule has 2 rings (SSSR count). The van der Waals surface area contributed by atoms with Crippen LogP contribution in [-0.4, -0.2) is 31.2 Å². The van der Waals surface area contributed by atoms with Crippen LogP contribution in [0.2, 0.25) is 0 Å². The Bertz CT molecular complexity index is 149. The molecule has 110 valence electrons. The minimum absolute atomic E-state index is 0.450. The van der Waals surface area contributed by atoms with Crippen molar-refractivity contribution in [1.82, 2.24) is 10.6 Å². The van der Waals surface area contributed by atoms with Gasteiger partial charge in [-0.15, -0.1) is 0 Å². The third-order valence-electron chi connectivity index (χ3n) is 3.55. The second-order valence-electron chi connectivity index (χ2n) is 5.62. The zero-order valence-electron chi connectivity index (χ0n) is 13.1. The summed E-state index contributed by atoms with van der Waals surface area (Å²) >= 11 is 0. The molecule has 0 aromatic rings. The second kappa shape index (κ2) is 10.8. The average molecular weight is 257 g/mol. The minimum atomic E-state index is 0.450. The van der Waals surface area contributed by atoms with E-state index in [1.54, 1.807) is 0 Å². The summed E-state index contributed by atoms with van der Waals surface area (Å²) in [6.07, 6.45) is 5.01. The molecule has 18 heavy (non-hydrogen) atoms. The van der Waals surface area contributed by atoms with Gasteiger partial charge in [-0.1, -0.05) is 20.8 Å². The molecule has 2 saturated heterocycles. The van der Waals surface area contributed by atoms with Crippen molar-refractivity contribution in [2.24, 2.45) is 11.7 Å². The zero-order chi connectivity index (χ0) is 14.0. The molecule has 4 N–H and O–H groups in total. The van der Waals surface area contributed by atoms with E-state index in [-0.39, 0.29) is 0 Å². The van der Waals surface area contributed by atoms with Crippen molar-refractivity contribution in [3.63, 3.8) is 0 Å². The molecule has 4 unspecified atom stereocenters. The van der Waals surface area contributed by atoms with Crippen molar-refractivity contribution in [3.05, 3.63) is 0 Å². The van der Waals surface area contributed by atoms with Gasteiger partial charge in [-0.25, -0.2) is 0 Å². The highest BCUT2D eigenvalue weighted by Gasteiger charge is 2.13. The van der Waals surface area contributed by atoms with Crippen molar-refractivity contribution < 1.29 is 0 Å². The highest BCUT2D eigenvalue weighted by atomic mass is 14.9. The standard InChI is InChI=1S/C7H15N.C6H14N2.C2H6/c1-6-3-4-8-7(2)5-6;1-5-4-6(7)2-3-8-5;1-2/h6-8H,3-5H2,1-2H3;5-6,8H,2-4,7H2,1H3;1-2H3. The molecule has 4 atom stereocenters. The van der Waals surface area contributed by atoms with Gasteiger partial charge in [-0.2, -0.15) is 0 Å². The molecule has 2 aliphatic heterocycles. The van der Waals surface area contributed by atoms with E-state index in [1.165, 1.54) is 19.4 Å². The molecule has 0 amide bonds. The molecule has 0 spiro atoms. The molecule has 0 aliphatic carbocycles. The molecule has 3 nitrogen and oxygen atoms in total. The Morgan fingerprint density at radius 3 is 1.61 bits per heavy atom. The quantitative estimate of drug-likeness (QED) is 0.625. The van der Waals surface area contributed by atoms with E-state index in [2.05, 4.69) is 31.4 Å². The number of hydrogen-bond donors (Lipinski definition) is 3. The minimum Gasteiger partial charge on any atom is -0.328 e. The molecule has 2 heterocycles. The van der Waals surface area contributed by atoms with E-state index in [9.17, 15) is 0 Å². The van der Waals surface area contributed by atoms with Crippen LogP contribution in [0.25, 0.3) is 0 Å². The van der Waals surface area contributed by atoms with Gasteiger partial charge < -0.3 is 16.4 Å². The maximum absolute atomic E-state index is 5.69. The van der Waals surface area contributed by atoms with Gasteiger partial charge in [0.25, 0.3) is 0 Å². The Hall–Kier alpha value is -0.120. The predicted molar refractivity (Wildman–Crippen MR) is 81.9 cm³/mol. The highest BCUT2D eigenvalue weighted by molar-refractivity contribution is 4.76. The van der Waals surface area contributed by atoms with E-state index in [4.69, 9.17) is 5.73 Å². The Morgan fingerprint density at radius 2 is 1.33 bits per heavy atom. The van der Waals surface area contributed by atoms with Crippen LogP contribution in [0.15, 0.2) is 0 Å². The first-order chi connectivity index (χ1) is 8.58. The van der Waals surface area contributed by atoms with Crippen LogP contribution >= 0.6 is 0 Å². The monoisotopic (exact) mass is 257 g/mol. The van der Waals surface area contributed by atoms with Crippen molar-refractivity contribution in [2.75, 3.05) is 13.1 Å². The lowest BCUT2D eigenvalue weighted by atomic mass is 9.96. The molecule has 0 bridgehead atoms. The van der Waals surface area contributed by atoms with Gasteiger partial charge in [0, 0.05) is 18.1 Å². The summed E-state index contributed by atoms with van der Waals surface area (Å²) in [5, 5.41) is 6.74. The van der Waals surface area contributed by atoms with Gasteiger partial charge in [0.05, 0.1) is 0 Å². The fourth-order valence-corrected chi connectivity index (χ4v) is 2.55. The summed E-state index contributed by atoms with van der Waals surface area (Å²) in [5.41, 5.74) is 5.69. The van der Waals surface area contributed by atoms with Gasteiger partial charge in [0.2, 0.25) is 0 Å². The van der Waals surface area contributed by atoms with Gasteiger partial charge >= 0.3 is 0 Å². The molecular weight excluding hydrogens is 222 g/mol. The fourth-order valence-electron chi connectivity index (χ4n) is 2.55. The van der Waals surface area contributed by atoms with Crippen molar-refractivity contribution in [1.29, 1.82) is 0 Å². The molecule has 2 aliphatic rings. The molecule has 0 radical (unpaired) electrons. The molecule has 0 saturated carbocycles. The zero-order valence-corrected chi connectivity index (χ0v) is 13.1. The van der Waals surface area contributed by atoms with Gasteiger partial charge in [-0.05, 0) is 58.5 Å². The Labute approximate surface area is 114 Å². The van der Waals surface area contributed by atoms with Crippen LogP contribution < -0.4 is 16.4 Å². The summed E-state index contributed by atoms with van der Waals surface area (Å²) in [6.45, 7) is 13.1. The first-order valence-electron chi connectivity index (χ1n) is 7.80. The van der Waals surface area contributed by atoms with Crippen molar-refractivity contribution >= 4 is 0 Å². The van der Waals surface area contributed by atoms with Crippen molar-refractivity contribution in [3.8, 4) is 0 Å². The molecule has 3 heteroatoms. The van der Waals surface area contributed by atoms with Crippen LogP contribution in [0.4, 0.5) is 0 Å². The summed E-state index contributed by atoms with van der Waals surface area (Å²) < 4.78 is 0. The molecule has 0 aromatic carbocycles. The lowest BCUT2D eigenvalue weighted by Gasteiger charge is -2.24. The summed E-state index contributed by atoms with van der Waals surface area (Å²) in [7, 11) is 0. The molecular formula is C15H35N3. The third-order valence-corrected chi connectivity index (χ3v) is 3.55. The number of rotatable bonds is 0. The van der Waals surface area contributed by atoms with E-state index in [0.717, 1.165) is 31.3 Å². The smallest absolute Gasteiger partial charge is 0.00656 e. The number of piperidine rings is 2. The lowest BCUT2D eigenvalue weighted by molar-refractivity contribution is 0.336. The Balaban J connectivity index is 0.000000283. The number of hydrogen-bond acceptors (Lipinski definition) is 3. The number of nitrogens with two attached hydrogens (primary N) is 1. The first kappa shape index (κ1) is 17.9. The molecule has 0 aromatic heterocycles. The van der Waals surface area contributed by atoms with Crippen LogP contribution in [0.5, 0.6) is 0 Å². The van der Waals surface area contributed by atoms with Crippen molar-refractivity contribution in [2.45, 2.75) is 78.4 Å². The maximum atomic E-state index is 5.69. The van der Waals surface area contributed by atoms with E-state index in [1.807, 2.05) is 13.8 Å². The van der Waals surface area contributed by atoms with Crippen LogP contribution in [-0.2, 0) is 0 Å². The van der Waals surface area contributed by atoms with E-state index >= 15 is 0 Å². The average Bonchev–Trinajstić information content (AvgIpc) is 2.31. The highest BCUT2D eigenvalue weighted by Crippen LogP contribution is 2.13. The SMILES string of the molecule is CC.CC1CC(N)CCN1.CC1CCNC(C)C1. The third kappa shape index (κ3) is 8.90.